The fraction of sp³-hybridized carbons (Fsp3) is 0.862. The first-order valence-corrected chi connectivity index (χ1v) is 43.5. The second-order valence-corrected chi connectivity index (χ2v) is 41.2. The van der Waals surface area contributed by atoms with Gasteiger partial charge in [-0.15, -0.1) is 0 Å². The lowest BCUT2D eigenvalue weighted by Crippen LogP contribution is -2.52. The number of fused-ring (bicyclic) bond motifs is 15. The van der Waals surface area contributed by atoms with Gasteiger partial charge in [0, 0.05) is 0 Å². The Kier molecular flexibility index (Phi) is 24.5. The summed E-state index contributed by atoms with van der Waals surface area (Å²) in [5.74, 6) is 12.0. The molecule has 0 spiro atoms. The fourth-order valence-electron chi connectivity index (χ4n) is 27.8. The molecule has 0 heterocycles. The molecule has 7 heteroatoms. The molecule has 12 aliphatic rings. The average molecular weight is 1400 g/mol. The normalized spacial score (nSPS) is 43.8. The minimum atomic E-state index is -0.489. The van der Waals surface area contributed by atoms with E-state index >= 15 is 0 Å². The van der Waals surface area contributed by atoms with Gasteiger partial charge < -0.3 is 30.3 Å². The highest BCUT2D eigenvalue weighted by molar-refractivity contribution is 5.89. The number of carbonyl (C=O) groups is 1. The van der Waals surface area contributed by atoms with Crippen LogP contribution in [0, 0.1) is 139 Å². The third-order valence-electron chi connectivity index (χ3n) is 35.0. The Morgan fingerprint density at radius 1 is 0.406 bits per heavy atom. The van der Waals surface area contributed by atoms with Gasteiger partial charge in [0.05, 0.1) is 34.6 Å². The Bertz CT molecular complexity index is 2920. The third kappa shape index (κ3) is 15.3. The van der Waals surface area contributed by atoms with Crippen LogP contribution in [-0.2, 0) is 4.74 Å². The van der Waals surface area contributed by atoms with Gasteiger partial charge in [0.25, 0.3) is 0 Å². The number of benzene rings is 1. The van der Waals surface area contributed by atoms with E-state index in [1.807, 2.05) is 30.3 Å². The van der Waals surface area contributed by atoms with E-state index in [0.29, 0.717) is 85.9 Å². The lowest BCUT2D eigenvalue weighted by atomic mass is 9.46. The lowest BCUT2D eigenvalue weighted by Gasteiger charge is -2.59. The summed E-state index contributed by atoms with van der Waals surface area (Å²) in [4.78, 5) is 13.2. The molecular weight excluding hydrogens is 1240 g/mol. The van der Waals surface area contributed by atoms with Crippen molar-refractivity contribution in [2.45, 2.75) is 372 Å². The number of rotatable bonds is 20. The largest absolute Gasteiger partial charge is 0.458 e. The van der Waals surface area contributed by atoms with E-state index in [0.717, 1.165) is 156 Å². The molecule has 12 aliphatic carbocycles. The van der Waals surface area contributed by atoms with E-state index in [2.05, 4.69) is 143 Å². The Balaban J connectivity index is 0.000000154. The van der Waals surface area contributed by atoms with Gasteiger partial charge in [0.2, 0.25) is 0 Å². The molecule has 5 N–H and O–H groups in total. The number of allylic oxidation sites excluding steroid dienone is 3. The first-order chi connectivity index (χ1) is 47.6. The van der Waals surface area contributed by atoms with Crippen LogP contribution >= 0.6 is 0 Å². The molecule has 1 aromatic rings. The maximum Gasteiger partial charge on any atom is 0.338 e. The van der Waals surface area contributed by atoms with Crippen LogP contribution in [0.1, 0.15) is 347 Å². The van der Waals surface area contributed by atoms with Crippen molar-refractivity contribution in [1.82, 2.24) is 0 Å². The van der Waals surface area contributed by atoms with Crippen molar-refractivity contribution in [2.24, 2.45) is 139 Å². The van der Waals surface area contributed by atoms with Crippen LogP contribution in [0.25, 0.3) is 0 Å². The summed E-state index contributed by atoms with van der Waals surface area (Å²) in [5.41, 5.74) is 6.00. The van der Waals surface area contributed by atoms with Gasteiger partial charge in [-0.05, 0) is 363 Å². The van der Waals surface area contributed by atoms with Crippen LogP contribution in [0.2, 0.25) is 0 Å². The molecule has 0 unspecified atom stereocenters. The molecule has 9 saturated carbocycles. The van der Waals surface area contributed by atoms with Gasteiger partial charge in [0.15, 0.2) is 0 Å². The minimum absolute atomic E-state index is 0.0289. The molecule has 572 valence electrons. The summed E-state index contributed by atoms with van der Waals surface area (Å²) in [5, 5.41) is 55.1. The number of ether oxygens (including phenoxy) is 1. The SMILES string of the molecule is CC[C@]1(O)CC[C@@]2(C)C(=CC[C@H]3[C@@H]4CC[C@H]([C@H](C)[C@@H](CCC(C)C)OC(=O)c5ccccc5)[C@@]4(C)CC[C@@H]32)C1.CC[C@]1(O)CC[C@@]2(C)C(=CC[C@H]3[C@@H]4CC[C@H]([C@H](C)[C@H](O)CCC(C)C)[C@@]4(C)CC[C@@H]32)C1.CC[C@]1(O)CC[C@@]2(C)C(=CC[C@H]3[C@@H]4CC[C@H]([C@H](C)[C@H](O)CCC(C)C)[C@@]4(C)CC[C@@H]32)C1. The fourth-order valence-corrected chi connectivity index (χ4v) is 27.8. The van der Waals surface area contributed by atoms with E-state index < -0.39 is 16.8 Å². The standard InChI is InChI=1S/C36H54O3.2C29H50O2/c1-7-36(38)22-21-34(5)27(23-36)14-15-28-30-17-16-29(35(30,6)20-19-31(28)34)25(4)32(18-13-24(2)3)39-33(37)26-11-9-8-10-12-26;2*1-7-29(31)17-16-27(5)21(18-29)9-10-22-24-12-11-23(28(24,6)15-14-25(22)27)20(4)26(30)13-8-19(2)3/h8-12,14,24-25,28-32,38H,7,13,15-23H2,1-6H3;2*9,19-20,22-26,30-31H,7-8,10-18H2,1-6H3/t25-,28-,29+,30-,31-,32+,34-,35+,36-;2*20-,22-,23+,24-,25-,26+,27-,28+,29-/m000/s1. The Morgan fingerprint density at radius 2 is 0.723 bits per heavy atom. The number of carbonyl (C=O) groups excluding carboxylic acids is 1. The van der Waals surface area contributed by atoms with E-state index in [9.17, 15) is 30.3 Å². The first kappa shape index (κ1) is 79.7. The highest BCUT2D eigenvalue weighted by atomic mass is 16.5. The number of esters is 1. The molecule has 0 aliphatic heterocycles. The third-order valence-corrected chi connectivity index (χ3v) is 35.0. The molecule has 0 aromatic heterocycles. The van der Waals surface area contributed by atoms with Crippen molar-refractivity contribution in [1.29, 1.82) is 0 Å². The Morgan fingerprint density at radius 3 is 1.04 bits per heavy atom. The van der Waals surface area contributed by atoms with Crippen LogP contribution in [-0.4, -0.2) is 66.6 Å². The smallest absolute Gasteiger partial charge is 0.338 e. The lowest BCUT2D eigenvalue weighted by molar-refractivity contribution is -0.0833. The molecule has 9 fully saturated rings. The van der Waals surface area contributed by atoms with Crippen molar-refractivity contribution >= 4 is 5.97 Å². The van der Waals surface area contributed by atoms with Crippen molar-refractivity contribution in [3.63, 3.8) is 0 Å². The number of aliphatic hydroxyl groups is 5. The Labute approximate surface area is 619 Å². The zero-order valence-corrected chi connectivity index (χ0v) is 68.1. The molecule has 13 rings (SSSR count). The van der Waals surface area contributed by atoms with E-state index in [-0.39, 0.29) is 29.7 Å². The molecular formula is C94H154O7. The maximum atomic E-state index is 13.2. The average Bonchev–Trinajstić information content (AvgIpc) is 1.70. The van der Waals surface area contributed by atoms with Crippen molar-refractivity contribution in [3.05, 3.63) is 70.8 Å². The van der Waals surface area contributed by atoms with Gasteiger partial charge in [0.1, 0.15) is 6.10 Å². The molecule has 0 bridgehead atoms. The quantitative estimate of drug-likeness (QED) is 0.0650. The number of aliphatic hydroxyl groups excluding tert-OH is 2. The maximum absolute atomic E-state index is 13.2. The zero-order valence-electron chi connectivity index (χ0n) is 68.1. The summed E-state index contributed by atoms with van der Waals surface area (Å²) in [7, 11) is 0. The van der Waals surface area contributed by atoms with Crippen LogP contribution in [0.3, 0.4) is 0 Å². The summed E-state index contributed by atoms with van der Waals surface area (Å²) in [6.07, 6.45) is 44.9. The summed E-state index contributed by atoms with van der Waals surface area (Å²) < 4.78 is 6.34. The van der Waals surface area contributed by atoms with Crippen LogP contribution < -0.4 is 0 Å². The van der Waals surface area contributed by atoms with E-state index in [4.69, 9.17) is 4.74 Å². The van der Waals surface area contributed by atoms with Gasteiger partial charge in [-0.2, -0.15) is 0 Å². The molecule has 7 nitrogen and oxygen atoms in total. The van der Waals surface area contributed by atoms with Gasteiger partial charge in [-0.1, -0.05) is 178 Å². The predicted octanol–water partition coefficient (Wildman–Crippen LogP) is 23.3. The van der Waals surface area contributed by atoms with E-state index in [1.54, 1.807) is 16.7 Å². The van der Waals surface area contributed by atoms with Crippen molar-refractivity contribution < 1.29 is 35.1 Å². The topological polar surface area (TPSA) is 127 Å². The Hall–Kier alpha value is -2.29. The minimum Gasteiger partial charge on any atom is -0.458 e. The zero-order chi connectivity index (χ0) is 73.2. The van der Waals surface area contributed by atoms with Crippen LogP contribution in [0.5, 0.6) is 0 Å². The second-order valence-electron chi connectivity index (χ2n) is 41.2. The molecule has 101 heavy (non-hydrogen) atoms. The first-order valence-electron chi connectivity index (χ1n) is 43.5. The van der Waals surface area contributed by atoms with Crippen molar-refractivity contribution in [3.8, 4) is 0 Å². The number of hydrogen-bond acceptors (Lipinski definition) is 7. The van der Waals surface area contributed by atoms with Gasteiger partial charge >= 0.3 is 5.97 Å². The highest BCUT2D eigenvalue weighted by Crippen LogP contribution is 2.72. The monoisotopic (exact) mass is 1400 g/mol. The number of hydrogen-bond donors (Lipinski definition) is 5. The summed E-state index contributed by atoms with van der Waals surface area (Å²) in [6, 6.07) is 9.54. The van der Waals surface area contributed by atoms with Crippen LogP contribution in [0.15, 0.2) is 65.3 Å². The molecule has 0 saturated heterocycles. The summed E-state index contributed by atoms with van der Waals surface area (Å²) >= 11 is 0. The molecule has 27 atom stereocenters. The highest BCUT2D eigenvalue weighted by Gasteiger charge is 2.64. The molecule has 0 radical (unpaired) electrons. The molecule has 0 amide bonds. The second kappa shape index (κ2) is 31.0. The predicted molar refractivity (Wildman–Crippen MR) is 419 cm³/mol. The molecule has 1 aromatic carbocycles. The van der Waals surface area contributed by atoms with E-state index in [1.165, 1.54) is 109 Å². The summed E-state index contributed by atoms with van der Waals surface area (Å²) in [6.45, 7) is 42.5. The van der Waals surface area contributed by atoms with Gasteiger partial charge in [-0.25, -0.2) is 4.79 Å². The van der Waals surface area contributed by atoms with Crippen molar-refractivity contribution in [2.75, 3.05) is 0 Å². The van der Waals surface area contributed by atoms with Gasteiger partial charge in [-0.3, -0.25) is 0 Å². The van der Waals surface area contributed by atoms with Crippen LogP contribution in [0.4, 0.5) is 0 Å².